The van der Waals surface area contributed by atoms with Gasteiger partial charge in [0, 0.05) is 11.6 Å². The van der Waals surface area contributed by atoms with E-state index in [-0.39, 0.29) is 5.56 Å². The largest absolute Gasteiger partial charge is 0.478 e. The van der Waals surface area contributed by atoms with E-state index in [1.807, 2.05) is 0 Å². The van der Waals surface area contributed by atoms with Crippen molar-refractivity contribution in [2.45, 2.75) is 0 Å². The quantitative estimate of drug-likeness (QED) is 0.757. The SMILES string of the molecule is N#Cc1ccc(F)c(/C=C/C(=O)O)c1F. The van der Waals surface area contributed by atoms with Gasteiger partial charge in [0.2, 0.25) is 0 Å². The van der Waals surface area contributed by atoms with Crippen molar-refractivity contribution in [2.24, 2.45) is 0 Å². The normalized spacial score (nSPS) is 10.2. The maximum atomic E-state index is 13.3. The van der Waals surface area contributed by atoms with Crippen LogP contribution in [0.15, 0.2) is 18.2 Å². The summed E-state index contributed by atoms with van der Waals surface area (Å²) in [4.78, 5) is 10.2. The lowest BCUT2D eigenvalue weighted by atomic mass is 10.1. The topological polar surface area (TPSA) is 61.1 Å². The second-order valence-corrected chi connectivity index (χ2v) is 2.61. The van der Waals surface area contributed by atoms with Crippen molar-refractivity contribution < 1.29 is 18.7 Å². The number of rotatable bonds is 2. The summed E-state index contributed by atoms with van der Waals surface area (Å²) >= 11 is 0. The number of nitrogens with zero attached hydrogens (tertiary/aromatic N) is 1. The van der Waals surface area contributed by atoms with Gasteiger partial charge in [0.1, 0.15) is 11.9 Å². The van der Waals surface area contributed by atoms with E-state index in [1.165, 1.54) is 6.07 Å². The standard InChI is InChI=1S/C10H5F2NO2/c11-8-3-1-6(5-13)10(12)7(8)2-4-9(14)15/h1-4H,(H,14,15)/b4-2+. The van der Waals surface area contributed by atoms with E-state index in [0.29, 0.717) is 6.08 Å². The highest BCUT2D eigenvalue weighted by atomic mass is 19.1. The van der Waals surface area contributed by atoms with Crippen LogP contribution in [-0.4, -0.2) is 11.1 Å². The fraction of sp³-hybridized carbons (Fsp3) is 0. The number of hydrogen-bond donors (Lipinski definition) is 1. The van der Waals surface area contributed by atoms with Gasteiger partial charge in [0.25, 0.3) is 0 Å². The Kier molecular flexibility index (Phi) is 3.13. The molecule has 15 heavy (non-hydrogen) atoms. The van der Waals surface area contributed by atoms with E-state index in [4.69, 9.17) is 10.4 Å². The lowest BCUT2D eigenvalue weighted by Gasteiger charge is -1.99. The Morgan fingerprint density at radius 3 is 2.67 bits per heavy atom. The molecule has 0 aliphatic heterocycles. The molecule has 0 saturated carbocycles. The summed E-state index contributed by atoms with van der Waals surface area (Å²) in [5, 5.41) is 16.7. The fourth-order valence-electron chi connectivity index (χ4n) is 0.963. The molecule has 0 bridgehead atoms. The van der Waals surface area contributed by atoms with E-state index in [1.54, 1.807) is 0 Å². The molecule has 0 spiro atoms. The highest BCUT2D eigenvalue weighted by Gasteiger charge is 2.10. The minimum Gasteiger partial charge on any atom is -0.478 e. The third-order valence-electron chi connectivity index (χ3n) is 1.64. The van der Waals surface area contributed by atoms with E-state index in [0.717, 1.165) is 18.2 Å². The molecule has 0 atom stereocenters. The average molecular weight is 209 g/mol. The van der Waals surface area contributed by atoms with Crippen molar-refractivity contribution >= 4 is 12.0 Å². The third kappa shape index (κ3) is 2.38. The maximum Gasteiger partial charge on any atom is 0.328 e. The molecule has 3 nitrogen and oxygen atoms in total. The van der Waals surface area contributed by atoms with Crippen molar-refractivity contribution in [3.8, 4) is 6.07 Å². The lowest BCUT2D eigenvalue weighted by Crippen LogP contribution is -1.94. The second kappa shape index (κ2) is 4.33. The van der Waals surface area contributed by atoms with E-state index >= 15 is 0 Å². The predicted molar refractivity (Wildman–Crippen MR) is 47.7 cm³/mol. The number of nitriles is 1. The third-order valence-corrected chi connectivity index (χ3v) is 1.64. The molecule has 0 fully saturated rings. The first kappa shape index (κ1) is 10.9. The smallest absolute Gasteiger partial charge is 0.328 e. The molecule has 1 rings (SSSR count). The summed E-state index contributed by atoms with van der Waals surface area (Å²) in [5.41, 5.74) is -0.863. The summed E-state index contributed by atoms with van der Waals surface area (Å²) in [7, 11) is 0. The van der Waals surface area contributed by atoms with Crippen LogP contribution in [-0.2, 0) is 4.79 Å². The summed E-state index contributed by atoms with van der Waals surface area (Å²) < 4.78 is 26.3. The van der Waals surface area contributed by atoms with Gasteiger partial charge in [-0.3, -0.25) is 0 Å². The van der Waals surface area contributed by atoms with Gasteiger partial charge in [0.15, 0.2) is 5.82 Å². The fourth-order valence-corrected chi connectivity index (χ4v) is 0.963. The molecular formula is C10H5F2NO2. The highest BCUT2D eigenvalue weighted by molar-refractivity contribution is 5.85. The van der Waals surface area contributed by atoms with Gasteiger partial charge in [-0.1, -0.05) is 0 Å². The number of carboxylic acid groups (broad SMARTS) is 1. The number of aliphatic carboxylic acids is 1. The van der Waals surface area contributed by atoms with Crippen LogP contribution in [0.4, 0.5) is 8.78 Å². The van der Waals surface area contributed by atoms with Crippen LogP contribution in [0.25, 0.3) is 6.08 Å². The number of carbonyl (C=O) groups is 1. The molecule has 0 aromatic heterocycles. The Bertz CT molecular complexity index is 475. The Balaban J connectivity index is 3.28. The minimum atomic E-state index is -1.32. The summed E-state index contributed by atoms with van der Waals surface area (Å²) in [6, 6.07) is 3.42. The molecule has 76 valence electrons. The van der Waals surface area contributed by atoms with Gasteiger partial charge in [-0.25, -0.2) is 13.6 Å². The monoisotopic (exact) mass is 209 g/mol. The van der Waals surface area contributed by atoms with Gasteiger partial charge in [-0.15, -0.1) is 0 Å². The zero-order chi connectivity index (χ0) is 11.4. The molecule has 0 aliphatic rings. The molecule has 1 N–H and O–H groups in total. The summed E-state index contributed by atoms with van der Waals surface area (Å²) in [5.74, 6) is -3.30. The summed E-state index contributed by atoms with van der Waals surface area (Å²) in [6.45, 7) is 0. The van der Waals surface area contributed by atoms with E-state index in [9.17, 15) is 13.6 Å². The Labute approximate surface area is 83.9 Å². The first-order valence-corrected chi connectivity index (χ1v) is 3.85. The Morgan fingerprint density at radius 2 is 2.13 bits per heavy atom. The van der Waals surface area contributed by atoms with Crippen LogP contribution < -0.4 is 0 Å². The molecule has 1 aromatic rings. The highest BCUT2D eigenvalue weighted by Crippen LogP contribution is 2.17. The second-order valence-electron chi connectivity index (χ2n) is 2.61. The molecule has 0 amide bonds. The molecule has 0 radical (unpaired) electrons. The summed E-state index contributed by atoms with van der Waals surface area (Å²) in [6.07, 6.45) is 1.37. The minimum absolute atomic E-state index is 0.332. The van der Waals surface area contributed by atoms with Gasteiger partial charge in [-0.05, 0) is 18.2 Å². The van der Waals surface area contributed by atoms with E-state index in [2.05, 4.69) is 0 Å². The number of carboxylic acids is 1. The van der Waals surface area contributed by atoms with Crippen molar-refractivity contribution in [3.05, 3.63) is 41.0 Å². The van der Waals surface area contributed by atoms with Crippen molar-refractivity contribution in [2.75, 3.05) is 0 Å². The molecule has 0 unspecified atom stereocenters. The zero-order valence-corrected chi connectivity index (χ0v) is 7.37. The van der Waals surface area contributed by atoms with Gasteiger partial charge >= 0.3 is 5.97 Å². The first-order valence-electron chi connectivity index (χ1n) is 3.85. The molecule has 0 saturated heterocycles. The first-order chi connectivity index (χ1) is 7.06. The average Bonchev–Trinajstić information content (AvgIpc) is 2.17. The van der Waals surface area contributed by atoms with Crippen LogP contribution >= 0.6 is 0 Å². The number of halogens is 2. The molecule has 1 aromatic carbocycles. The van der Waals surface area contributed by atoms with Crippen molar-refractivity contribution in [1.82, 2.24) is 0 Å². The molecular weight excluding hydrogens is 204 g/mol. The van der Waals surface area contributed by atoms with Crippen LogP contribution in [0.2, 0.25) is 0 Å². The van der Waals surface area contributed by atoms with Crippen LogP contribution in [0.5, 0.6) is 0 Å². The Morgan fingerprint density at radius 1 is 1.47 bits per heavy atom. The Hall–Kier alpha value is -2.22. The number of hydrogen-bond acceptors (Lipinski definition) is 2. The predicted octanol–water partition coefficient (Wildman–Crippen LogP) is 1.93. The molecule has 5 heteroatoms. The van der Waals surface area contributed by atoms with Gasteiger partial charge in [-0.2, -0.15) is 5.26 Å². The molecule has 0 heterocycles. The van der Waals surface area contributed by atoms with Gasteiger partial charge < -0.3 is 5.11 Å². The van der Waals surface area contributed by atoms with Crippen molar-refractivity contribution in [1.29, 1.82) is 5.26 Å². The van der Waals surface area contributed by atoms with Gasteiger partial charge in [0.05, 0.1) is 5.56 Å². The van der Waals surface area contributed by atoms with Crippen molar-refractivity contribution in [3.63, 3.8) is 0 Å². The van der Waals surface area contributed by atoms with Crippen LogP contribution in [0.1, 0.15) is 11.1 Å². The van der Waals surface area contributed by atoms with E-state index < -0.39 is 23.2 Å². The van der Waals surface area contributed by atoms with Crippen LogP contribution in [0.3, 0.4) is 0 Å². The lowest BCUT2D eigenvalue weighted by molar-refractivity contribution is -0.131. The molecule has 0 aliphatic carbocycles. The van der Waals surface area contributed by atoms with Crippen LogP contribution in [0, 0.1) is 23.0 Å². The number of benzene rings is 1. The zero-order valence-electron chi connectivity index (χ0n) is 7.37. The maximum absolute atomic E-state index is 13.3.